The molecule has 7 heteroatoms. The minimum atomic E-state index is -1.03. The van der Waals surface area contributed by atoms with Crippen molar-refractivity contribution in [1.82, 2.24) is 5.32 Å². The van der Waals surface area contributed by atoms with E-state index in [0.717, 1.165) is 0 Å². The number of carbonyl (C=O) groups excluding carboxylic acids is 1. The quantitative estimate of drug-likeness (QED) is 0.753. The van der Waals surface area contributed by atoms with Crippen LogP contribution < -0.4 is 5.32 Å². The van der Waals surface area contributed by atoms with Crippen LogP contribution in [-0.2, 0) is 4.79 Å². The Morgan fingerprint density at radius 2 is 1.86 bits per heavy atom. The summed E-state index contributed by atoms with van der Waals surface area (Å²) < 4.78 is 5.02. The molecular weight excluding hydrogens is 329 g/mol. The second kappa shape index (κ2) is 7.65. The van der Waals surface area contributed by atoms with E-state index in [-0.39, 0.29) is 13.0 Å². The lowest BCUT2D eigenvalue weighted by Crippen LogP contribution is -2.29. The van der Waals surface area contributed by atoms with Crippen molar-refractivity contribution in [2.75, 3.05) is 6.54 Å². The van der Waals surface area contributed by atoms with E-state index in [1.807, 2.05) is 0 Å². The zero-order valence-electron chi connectivity index (χ0n) is 11.5. The third kappa shape index (κ3) is 4.74. The molecule has 1 heterocycles. The first-order valence-electron chi connectivity index (χ1n) is 6.58. The van der Waals surface area contributed by atoms with Crippen LogP contribution in [0.1, 0.15) is 30.0 Å². The van der Waals surface area contributed by atoms with E-state index in [1.54, 1.807) is 30.3 Å². The third-order valence-corrected chi connectivity index (χ3v) is 3.45. The summed E-state index contributed by atoms with van der Waals surface area (Å²) in [6.07, 6.45) is -0.692. The van der Waals surface area contributed by atoms with Crippen LogP contribution in [0.2, 0.25) is 10.0 Å². The lowest BCUT2D eigenvalue weighted by atomic mass is 10.1. The summed E-state index contributed by atoms with van der Waals surface area (Å²) in [6.45, 7) is -0.00459. The maximum absolute atomic E-state index is 11.8. The van der Waals surface area contributed by atoms with Gasteiger partial charge in [0.05, 0.1) is 25.3 Å². The van der Waals surface area contributed by atoms with E-state index in [0.29, 0.717) is 21.4 Å². The fourth-order valence-corrected chi connectivity index (χ4v) is 2.47. The summed E-state index contributed by atoms with van der Waals surface area (Å²) >= 11 is 11.7. The molecule has 1 aromatic carbocycles. The van der Waals surface area contributed by atoms with Crippen LogP contribution in [0.25, 0.3) is 0 Å². The van der Waals surface area contributed by atoms with E-state index in [1.165, 1.54) is 6.26 Å². The number of nitrogens with one attached hydrogen (secondary N) is 1. The molecule has 1 amide bonds. The van der Waals surface area contributed by atoms with Crippen LogP contribution in [0, 0.1) is 0 Å². The minimum absolute atomic E-state index is 0.00459. The molecular formula is C15H15Cl2NO4. The number of carbonyl (C=O) groups is 1. The highest BCUT2D eigenvalue weighted by Gasteiger charge is 2.16. The van der Waals surface area contributed by atoms with Crippen LogP contribution in [0.15, 0.2) is 41.0 Å². The van der Waals surface area contributed by atoms with Gasteiger partial charge in [-0.2, -0.15) is 0 Å². The predicted molar refractivity (Wildman–Crippen MR) is 82.7 cm³/mol. The normalized spacial score (nSPS) is 13.6. The third-order valence-electron chi connectivity index (χ3n) is 3.01. The Hall–Kier alpha value is -1.53. The number of hydrogen-bond acceptors (Lipinski definition) is 4. The summed E-state index contributed by atoms with van der Waals surface area (Å²) in [5.74, 6) is -0.0447. The standard InChI is InChI=1S/C15H15Cl2NO4/c16-10-4-9(5-11(17)6-10)12(19)7-15(21)18-8-13(20)14-2-1-3-22-14/h1-6,12-13,19-20H,7-8H2,(H,18,21). The first kappa shape index (κ1) is 16.8. The lowest BCUT2D eigenvalue weighted by molar-refractivity contribution is -0.123. The molecule has 0 spiro atoms. The van der Waals surface area contributed by atoms with Crippen LogP contribution in [0.4, 0.5) is 0 Å². The highest BCUT2D eigenvalue weighted by molar-refractivity contribution is 6.34. The van der Waals surface area contributed by atoms with Gasteiger partial charge in [0, 0.05) is 10.0 Å². The van der Waals surface area contributed by atoms with Crippen LogP contribution >= 0.6 is 23.2 Å². The van der Waals surface area contributed by atoms with Crippen molar-refractivity contribution in [2.24, 2.45) is 0 Å². The summed E-state index contributed by atoms with van der Waals surface area (Å²) in [4.78, 5) is 11.8. The monoisotopic (exact) mass is 343 g/mol. The van der Waals surface area contributed by atoms with Gasteiger partial charge in [-0.05, 0) is 35.9 Å². The number of hydrogen-bond donors (Lipinski definition) is 3. The Morgan fingerprint density at radius 1 is 1.18 bits per heavy atom. The molecule has 2 rings (SSSR count). The van der Waals surface area contributed by atoms with Gasteiger partial charge in [-0.1, -0.05) is 23.2 Å². The molecule has 22 heavy (non-hydrogen) atoms. The van der Waals surface area contributed by atoms with E-state index in [9.17, 15) is 15.0 Å². The molecule has 0 aliphatic carbocycles. The zero-order chi connectivity index (χ0) is 16.1. The molecule has 0 saturated carbocycles. The summed E-state index contributed by atoms with van der Waals surface area (Å²) in [6, 6.07) is 7.89. The number of amides is 1. The highest BCUT2D eigenvalue weighted by Crippen LogP contribution is 2.25. The molecule has 0 saturated heterocycles. The van der Waals surface area contributed by atoms with Gasteiger partial charge in [0.15, 0.2) is 0 Å². The van der Waals surface area contributed by atoms with Crippen molar-refractivity contribution in [3.05, 3.63) is 58.0 Å². The number of furan rings is 1. The molecule has 5 nitrogen and oxygen atoms in total. The van der Waals surface area contributed by atoms with Gasteiger partial charge in [0.1, 0.15) is 11.9 Å². The smallest absolute Gasteiger partial charge is 0.223 e. The fourth-order valence-electron chi connectivity index (χ4n) is 1.93. The van der Waals surface area contributed by atoms with Gasteiger partial charge < -0.3 is 19.9 Å². The topological polar surface area (TPSA) is 82.7 Å². The van der Waals surface area contributed by atoms with E-state index in [4.69, 9.17) is 27.6 Å². The number of aliphatic hydroxyl groups is 2. The predicted octanol–water partition coefficient (Wildman–Crippen LogP) is 2.86. The largest absolute Gasteiger partial charge is 0.467 e. The van der Waals surface area contributed by atoms with Crippen LogP contribution in [-0.4, -0.2) is 22.7 Å². The van der Waals surface area contributed by atoms with Gasteiger partial charge in [0.25, 0.3) is 0 Å². The molecule has 2 atom stereocenters. The average molecular weight is 344 g/mol. The SMILES string of the molecule is O=C(CC(O)c1cc(Cl)cc(Cl)c1)NCC(O)c1ccco1. The second-order valence-electron chi connectivity index (χ2n) is 4.76. The molecule has 2 aromatic rings. The second-order valence-corrected chi connectivity index (χ2v) is 5.63. The Balaban J connectivity index is 1.86. The van der Waals surface area contributed by atoms with Gasteiger partial charge in [-0.25, -0.2) is 0 Å². The molecule has 118 valence electrons. The first-order valence-corrected chi connectivity index (χ1v) is 7.33. The molecule has 2 unspecified atom stereocenters. The number of rotatable bonds is 6. The maximum Gasteiger partial charge on any atom is 0.223 e. The average Bonchev–Trinajstić information content (AvgIpc) is 2.98. The Morgan fingerprint density at radius 3 is 2.45 bits per heavy atom. The van der Waals surface area contributed by atoms with E-state index < -0.39 is 18.1 Å². The maximum atomic E-state index is 11.8. The van der Waals surface area contributed by atoms with Gasteiger partial charge >= 0.3 is 0 Å². The Labute approximate surface area is 137 Å². The van der Waals surface area contributed by atoms with E-state index in [2.05, 4.69) is 5.32 Å². The summed E-state index contributed by atoms with van der Waals surface area (Å²) in [5, 5.41) is 23.1. The molecule has 0 aliphatic heterocycles. The minimum Gasteiger partial charge on any atom is -0.467 e. The molecule has 0 bridgehead atoms. The van der Waals surface area contributed by atoms with Gasteiger partial charge in [-0.15, -0.1) is 0 Å². The van der Waals surface area contributed by atoms with Crippen molar-refractivity contribution in [3.8, 4) is 0 Å². The number of benzene rings is 1. The zero-order valence-corrected chi connectivity index (χ0v) is 13.0. The Kier molecular flexibility index (Phi) is 5.85. The van der Waals surface area contributed by atoms with E-state index >= 15 is 0 Å². The Bertz CT molecular complexity index is 610. The van der Waals surface area contributed by atoms with Gasteiger partial charge in [-0.3, -0.25) is 4.79 Å². The fraction of sp³-hybridized carbons (Fsp3) is 0.267. The van der Waals surface area contributed by atoms with Gasteiger partial charge in [0.2, 0.25) is 5.91 Å². The molecule has 0 radical (unpaired) electrons. The first-order chi connectivity index (χ1) is 10.5. The van der Waals surface area contributed by atoms with Crippen molar-refractivity contribution in [2.45, 2.75) is 18.6 Å². The van der Waals surface area contributed by atoms with Crippen molar-refractivity contribution >= 4 is 29.1 Å². The molecule has 1 aromatic heterocycles. The summed E-state index contributed by atoms with van der Waals surface area (Å²) in [5.41, 5.74) is 0.458. The van der Waals surface area contributed by atoms with Crippen molar-refractivity contribution in [3.63, 3.8) is 0 Å². The molecule has 0 fully saturated rings. The van der Waals surface area contributed by atoms with Crippen molar-refractivity contribution < 1.29 is 19.4 Å². The van der Waals surface area contributed by atoms with Crippen LogP contribution in [0.3, 0.4) is 0 Å². The highest BCUT2D eigenvalue weighted by atomic mass is 35.5. The lowest BCUT2D eigenvalue weighted by Gasteiger charge is -2.13. The number of aliphatic hydroxyl groups excluding tert-OH is 2. The summed E-state index contributed by atoms with van der Waals surface area (Å²) in [7, 11) is 0. The van der Waals surface area contributed by atoms with Crippen LogP contribution in [0.5, 0.6) is 0 Å². The molecule has 0 aliphatic rings. The molecule has 3 N–H and O–H groups in total. The van der Waals surface area contributed by atoms with Crippen molar-refractivity contribution in [1.29, 1.82) is 0 Å². The number of halogens is 2.